The van der Waals surface area contributed by atoms with Crippen LogP contribution in [0, 0.1) is 0 Å². The highest BCUT2D eigenvalue weighted by molar-refractivity contribution is 7.54. The van der Waals surface area contributed by atoms with E-state index in [1.165, 1.54) is 7.11 Å². The molecule has 2 aromatic carbocycles. The fourth-order valence-corrected chi connectivity index (χ4v) is 3.72. The Labute approximate surface area is 142 Å². The molecule has 24 heavy (non-hydrogen) atoms. The van der Waals surface area contributed by atoms with Gasteiger partial charge in [0.15, 0.2) is 5.85 Å². The summed E-state index contributed by atoms with van der Waals surface area (Å²) in [6, 6.07) is 18.6. The maximum Gasteiger partial charge on any atom is 0.362 e. The number of benzene rings is 2. The summed E-state index contributed by atoms with van der Waals surface area (Å²) in [4.78, 5) is 0. The molecule has 1 N–H and O–H groups in total. The topological polar surface area (TPSA) is 65.0 Å². The maximum absolute atomic E-state index is 13.1. The van der Waals surface area contributed by atoms with Gasteiger partial charge in [0.05, 0.1) is 19.3 Å². The van der Waals surface area contributed by atoms with Crippen molar-refractivity contribution >= 4 is 7.60 Å². The van der Waals surface area contributed by atoms with Crippen molar-refractivity contribution in [3.8, 4) is 0 Å². The van der Waals surface area contributed by atoms with Crippen molar-refractivity contribution in [1.82, 2.24) is 0 Å². The van der Waals surface area contributed by atoms with Crippen LogP contribution in [0.15, 0.2) is 60.7 Å². The number of hydrogen-bond acceptors (Lipinski definition) is 5. The van der Waals surface area contributed by atoms with Crippen molar-refractivity contribution in [2.24, 2.45) is 0 Å². The third kappa shape index (κ3) is 5.26. The van der Waals surface area contributed by atoms with Gasteiger partial charge in [-0.25, -0.2) is 0 Å². The largest absolute Gasteiger partial charge is 0.378 e. The van der Waals surface area contributed by atoms with Gasteiger partial charge in [-0.1, -0.05) is 60.7 Å². The summed E-state index contributed by atoms with van der Waals surface area (Å²) in [6.07, 6.45) is -0.678. The molecule has 0 spiro atoms. The van der Waals surface area contributed by atoms with E-state index in [1.807, 2.05) is 60.7 Å². The predicted molar refractivity (Wildman–Crippen MR) is 92.5 cm³/mol. The number of ether oxygens (including phenoxy) is 1. The average Bonchev–Trinajstić information content (AvgIpc) is 2.65. The van der Waals surface area contributed by atoms with Gasteiger partial charge in [-0.2, -0.15) is 0 Å². The molecule has 0 aliphatic heterocycles. The predicted octanol–water partition coefficient (Wildman–Crippen LogP) is 3.97. The molecule has 0 amide bonds. The first-order valence-electron chi connectivity index (χ1n) is 7.72. The van der Waals surface area contributed by atoms with Gasteiger partial charge in [-0.15, -0.1) is 0 Å². The molecule has 5 nitrogen and oxygen atoms in total. The van der Waals surface area contributed by atoms with Crippen LogP contribution in [0.25, 0.3) is 0 Å². The highest BCUT2D eigenvalue weighted by atomic mass is 31.2. The lowest BCUT2D eigenvalue weighted by Crippen LogP contribution is -2.26. The van der Waals surface area contributed by atoms with E-state index < -0.39 is 19.5 Å². The van der Waals surface area contributed by atoms with Crippen LogP contribution in [0.1, 0.15) is 18.1 Å². The summed E-state index contributed by atoms with van der Waals surface area (Å²) in [6.45, 7) is 1.79. The first-order chi connectivity index (χ1) is 11.5. The Morgan fingerprint density at radius 2 is 1.33 bits per heavy atom. The minimum Gasteiger partial charge on any atom is -0.378 e. The van der Waals surface area contributed by atoms with Crippen LogP contribution < -0.4 is 0 Å². The molecule has 2 unspecified atom stereocenters. The van der Waals surface area contributed by atoms with Crippen molar-refractivity contribution in [2.45, 2.75) is 32.1 Å². The van der Waals surface area contributed by atoms with E-state index in [0.29, 0.717) is 0 Å². The molecule has 0 saturated heterocycles. The molecular weight excluding hydrogens is 327 g/mol. The molecule has 0 fully saturated rings. The Bertz CT molecular complexity index is 599. The molecule has 130 valence electrons. The van der Waals surface area contributed by atoms with E-state index in [1.54, 1.807) is 6.92 Å². The van der Waals surface area contributed by atoms with Crippen LogP contribution in [-0.4, -0.2) is 24.2 Å². The zero-order valence-electron chi connectivity index (χ0n) is 13.9. The summed E-state index contributed by atoms with van der Waals surface area (Å²) in [5.74, 6) is -1.37. The van der Waals surface area contributed by atoms with Gasteiger partial charge in [-0.3, -0.25) is 4.57 Å². The SMILES string of the molecule is COC(C)C(O)P(=O)(OCc1ccccc1)OCc1ccccc1. The molecule has 0 heterocycles. The van der Waals surface area contributed by atoms with Crippen molar-refractivity contribution in [1.29, 1.82) is 0 Å². The van der Waals surface area contributed by atoms with Gasteiger partial charge in [0.25, 0.3) is 0 Å². The monoisotopic (exact) mass is 350 g/mol. The lowest BCUT2D eigenvalue weighted by Gasteiger charge is -2.26. The molecule has 0 saturated carbocycles. The Hall–Kier alpha value is -1.49. The van der Waals surface area contributed by atoms with Crippen LogP contribution >= 0.6 is 7.60 Å². The van der Waals surface area contributed by atoms with E-state index >= 15 is 0 Å². The second-order valence-corrected chi connectivity index (χ2v) is 7.54. The number of methoxy groups -OCH3 is 1. The summed E-state index contributed by atoms with van der Waals surface area (Å²) in [7, 11) is -2.35. The minimum atomic E-state index is -3.78. The molecule has 2 rings (SSSR count). The standard InChI is InChI=1S/C18H23O5P/c1-15(21-2)18(19)24(20,22-13-16-9-5-3-6-10-16)23-14-17-11-7-4-8-12-17/h3-12,15,18-19H,13-14H2,1-2H3. The third-order valence-electron chi connectivity index (χ3n) is 3.62. The molecule has 6 heteroatoms. The van der Waals surface area contributed by atoms with E-state index in [4.69, 9.17) is 13.8 Å². The second kappa shape index (κ2) is 9.11. The van der Waals surface area contributed by atoms with Crippen molar-refractivity contribution in [3.05, 3.63) is 71.8 Å². The van der Waals surface area contributed by atoms with Crippen LogP contribution in [0.5, 0.6) is 0 Å². The molecule has 0 aromatic heterocycles. The zero-order chi connectivity index (χ0) is 17.4. The second-order valence-electron chi connectivity index (χ2n) is 5.41. The summed E-state index contributed by atoms with van der Waals surface area (Å²) < 4.78 is 29.2. The fourth-order valence-electron chi connectivity index (χ4n) is 2.05. The van der Waals surface area contributed by atoms with E-state index in [2.05, 4.69) is 0 Å². The Morgan fingerprint density at radius 1 is 0.917 bits per heavy atom. The third-order valence-corrected chi connectivity index (χ3v) is 5.67. The number of aliphatic hydroxyl groups excluding tert-OH is 1. The Balaban J connectivity index is 2.09. The van der Waals surface area contributed by atoms with Gasteiger partial charge < -0.3 is 18.9 Å². The van der Waals surface area contributed by atoms with Gasteiger partial charge in [-0.05, 0) is 18.1 Å². The number of aliphatic hydroxyl groups is 1. The number of rotatable bonds is 9. The lowest BCUT2D eigenvalue weighted by atomic mass is 10.2. The van der Waals surface area contributed by atoms with Gasteiger partial charge in [0.2, 0.25) is 0 Å². The highest BCUT2D eigenvalue weighted by Gasteiger charge is 2.39. The van der Waals surface area contributed by atoms with Crippen molar-refractivity contribution < 1.29 is 23.5 Å². The lowest BCUT2D eigenvalue weighted by molar-refractivity contribution is 0.0173. The van der Waals surface area contributed by atoms with Crippen molar-refractivity contribution in [3.63, 3.8) is 0 Å². The highest BCUT2D eigenvalue weighted by Crippen LogP contribution is 2.54. The van der Waals surface area contributed by atoms with Gasteiger partial charge in [0.1, 0.15) is 0 Å². The normalized spacial score (nSPS) is 14.3. The van der Waals surface area contributed by atoms with E-state index in [0.717, 1.165) is 11.1 Å². The molecular formula is C18H23O5P. The van der Waals surface area contributed by atoms with Crippen LogP contribution in [0.4, 0.5) is 0 Å². The average molecular weight is 350 g/mol. The molecule has 0 aliphatic carbocycles. The smallest absolute Gasteiger partial charge is 0.362 e. The number of hydrogen-bond donors (Lipinski definition) is 1. The molecule has 2 aromatic rings. The quantitative estimate of drug-likeness (QED) is 0.693. The van der Waals surface area contributed by atoms with Crippen LogP contribution in [0.2, 0.25) is 0 Å². The first kappa shape index (κ1) is 18.8. The molecule has 0 aliphatic rings. The zero-order valence-corrected chi connectivity index (χ0v) is 14.8. The van der Waals surface area contributed by atoms with Crippen molar-refractivity contribution in [2.75, 3.05) is 7.11 Å². The van der Waals surface area contributed by atoms with E-state index in [9.17, 15) is 9.67 Å². The Morgan fingerprint density at radius 3 is 1.71 bits per heavy atom. The summed E-state index contributed by atoms with van der Waals surface area (Å²) in [5.41, 5.74) is 1.69. The summed E-state index contributed by atoms with van der Waals surface area (Å²) >= 11 is 0. The van der Waals surface area contributed by atoms with E-state index in [-0.39, 0.29) is 13.2 Å². The maximum atomic E-state index is 13.1. The summed E-state index contributed by atoms with van der Waals surface area (Å²) in [5, 5.41) is 10.4. The van der Waals surface area contributed by atoms with Crippen LogP contribution in [-0.2, 0) is 31.6 Å². The van der Waals surface area contributed by atoms with Gasteiger partial charge >= 0.3 is 7.60 Å². The minimum absolute atomic E-state index is 0.0837. The fraction of sp³-hybridized carbons (Fsp3) is 0.333. The molecule has 2 atom stereocenters. The first-order valence-corrected chi connectivity index (χ1v) is 9.34. The van der Waals surface area contributed by atoms with Crippen LogP contribution in [0.3, 0.4) is 0 Å². The molecule has 0 radical (unpaired) electrons. The van der Waals surface area contributed by atoms with Gasteiger partial charge in [0, 0.05) is 7.11 Å². The molecule has 0 bridgehead atoms. The Kier molecular flexibility index (Phi) is 7.16.